The SMILES string of the molecule is Cc1ccnc(C(NN)C2=CCCO2)c1. The van der Waals surface area contributed by atoms with E-state index in [0.29, 0.717) is 0 Å². The van der Waals surface area contributed by atoms with Crippen molar-refractivity contribution in [2.45, 2.75) is 19.4 Å². The highest BCUT2D eigenvalue weighted by Gasteiger charge is 2.20. The average molecular weight is 205 g/mol. The Kier molecular flexibility index (Phi) is 2.99. The van der Waals surface area contributed by atoms with Crippen molar-refractivity contribution in [2.75, 3.05) is 6.61 Å². The topological polar surface area (TPSA) is 60.2 Å². The quantitative estimate of drug-likeness (QED) is 0.575. The lowest BCUT2D eigenvalue weighted by atomic mass is 10.1. The number of nitrogens with one attached hydrogen (secondary N) is 1. The second kappa shape index (κ2) is 4.42. The van der Waals surface area contributed by atoms with Crippen LogP contribution in [0.25, 0.3) is 0 Å². The molecule has 0 bridgehead atoms. The Morgan fingerprint density at radius 1 is 1.60 bits per heavy atom. The number of hydrogen-bond acceptors (Lipinski definition) is 4. The summed E-state index contributed by atoms with van der Waals surface area (Å²) in [6.07, 6.45) is 4.78. The largest absolute Gasteiger partial charge is 0.496 e. The van der Waals surface area contributed by atoms with Gasteiger partial charge in [0.05, 0.1) is 12.3 Å². The fraction of sp³-hybridized carbons (Fsp3) is 0.364. The highest BCUT2D eigenvalue weighted by Crippen LogP contribution is 2.24. The monoisotopic (exact) mass is 205 g/mol. The molecule has 1 aliphatic rings. The predicted octanol–water partition coefficient (Wildman–Crippen LogP) is 1.20. The van der Waals surface area contributed by atoms with Gasteiger partial charge >= 0.3 is 0 Å². The molecule has 2 rings (SSSR count). The Bertz CT molecular complexity index is 376. The molecule has 0 saturated heterocycles. The molecule has 4 heteroatoms. The van der Waals surface area contributed by atoms with Crippen molar-refractivity contribution in [2.24, 2.45) is 5.84 Å². The maximum atomic E-state index is 5.52. The van der Waals surface area contributed by atoms with Crippen LogP contribution in [0.5, 0.6) is 0 Å². The van der Waals surface area contributed by atoms with E-state index in [1.165, 1.54) is 5.56 Å². The van der Waals surface area contributed by atoms with Crippen LogP contribution in [-0.4, -0.2) is 11.6 Å². The number of nitrogens with zero attached hydrogens (tertiary/aromatic N) is 1. The van der Waals surface area contributed by atoms with Gasteiger partial charge in [-0.05, 0) is 30.7 Å². The summed E-state index contributed by atoms with van der Waals surface area (Å²) in [4.78, 5) is 4.29. The number of rotatable bonds is 3. The first-order valence-corrected chi connectivity index (χ1v) is 5.03. The van der Waals surface area contributed by atoms with Crippen LogP contribution in [0, 0.1) is 6.92 Å². The van der Waals surface area contributed by atoms with E-state index < -0.39 is 0 Å². The molecule has 0 aromatic carbocycles. The second-order valence-electron chi connectivity index (χ2n) is 3.60. The highest BCUT2D eigenvalue weighted by atomic mass is 16.5. The van der Waals surface area contributed by atoms with E-state index in [0.717, 1.165) is 24.5 Å². The summed E-state index contributed by atoms with van der Waals surface area (Å²) in [5, 5.41) is 0. The van der Waals surface area contributed by atoms with Crippen LogP contribution in [0.1, 0.15) is 23.7 Å². The summed E-state index contributed by atoms with van der Waals surface area (Å²) >= 11 is 0. The van der Waals surface area contributed by atoms with Crippen LogP contribution >= 0.6 is 0 Å². The van der Waals surface area contributed by atoms with Gasteiger partial charge in [-0.15, -0.1) is 0 Å². The summed E-state index contributed by atoms with van der Waals surface area (Å²) < 4.78 is 5.48. The number of nitrogens with two attached hydrogens (primary N) is 1. The van der Waals surface area contributed by atoms with Crippen molar-refractivity contribution in [1.29, 1.82) is 0 Å². The summed E-state index contributed by atoms with van der Waals surface area (Å²) in [5.74, 6) is 6.39. The lowest BCUT2D eigenvalue weighted by molar-refractivity contribution is 0.214. The van der Waals surface area contributed by atoms with E-state index in [1.54, 1.807) is 6.20 Å². The van der Waals surface area contributed by atoms with Crippen molar-refractivity contribution < 1.29 is 4.74 Å². The van der Waals surface area contributed by atoms with E-state index in [-0.39, 0.29) is 6.04 Å². The van der Waals surface area contributed by atoms with Crippen molar-refractivity contribution in [3.8, 4) is 0 Å². The molecule has 1 unspecified atom stereocenters. The minimum atomic E-state index is -0.132. The van der Waals surface area contributed by atoms with E-state index in [2.05, 4.69) is 16.5 Å². The maximum absolute atomic E-state index is 5.52. The molecule has 1 aromatic rings. The zero-order valence-electron chi connectivity index (χ0n) is 8.73. The Hall–Kier alpha value is -1.39. The molecule has 1 atom stereocenters. The minimum Gasteiger partial charge on any atom is -0.496 e. The van der Waals surface area contributed by atoms with Crippen LogP contribution in [0.3, 0.4) is 0 Å². The molecule has 80 valence electrons. The van der Waals surface area contributed by atoms with Gasteiger partial charge in [0.25, 0.3) is 0 Å². The van der Waals surface area contributed by atoms with Crippen LogP contribution in [0.2, 0.25) is 0 Å². The van der Waals surface area contributed by atoms with Gasteiger partial charge in [-0.2, -0.15) is 0 Å². The van der Waals surface area contributed by atoms with Gasteiger partial charge in [-0.1, -0.05) is 0 Å². The molecule has 0 saturated carbocycles. The number of hydrazine groups is 1. The number of hydrogen-bond donors (Lipinski definition) is 2. The molecule has 0 spiro atoms. The van der Waals surface area contributed by atoms with Gasteiger partial charge in [0.15, 0.2) is 0 Å². The Balaban J connectivity index is 2.26. The molecule has 0 aliphatic carbocycles. The maximum Gasteiger partial charge on any atom is 0.120 e. The average Bonchev–Trinajstić information content (AvgIpc) is 2.72. The lowest BCUT2D eigenvalue weighted by Gasteiger charge is -2.16. The summed E-state index contributed by atoms with van der Waals surface area (Å²) in [6.45, 7) is 2.77. The van der Waals surface area contributed by atoms with Crippen molar-refractivity contribution >= 4 is 0 Å². The normalized spacial score (nSPS) is 17.1. The minimum absolute atomic E-state index is 0.132. The fourth-order valence-electron chi connectivity index (χ4n) is 1.67. The molecule has 0 amide bonds. The first kappa shape index (κ1) is 10.1. The third kappa shape index (κ3) is 2.16. The number of aryl methyl sites for hydroxylation is 1. The third-order valence-corrected chi connectivity index (χ3v) is 2.42. The number of ether oxygens (including phenoxy) is 1. The molecule has 0 fully saturated rings. The number of aromatic nitrogens is 1. The molecule has 4 nitrogen and oxygen atoms in total. The van der Waals surface area contributed by atoms with Crippen LogP contribution in [0.4, 0.5) is 0 Å². The summed E-state index contributed by atoms with van der Waals surface area (Å²) in [7, 11) is 0. The van der Waals surface area contributed by atoms with Crippen LogP contribution in [0.15, 0.2) is 30.2 Å². The van der Waals surface area contributed by atoms with Crippen molar-refractivity contribution in [3.63, 3.8) is 0 Å². The molecule has 0 radical (unpaired) electrons. The van der Waals surface area contributed by atoms with E-state index in [1.807, 2.05) is 19.1 Å². The zero-order chi connectivity index (χ0) is 10.7. The number of pyridine rings is 1. The lowest BCUT2D eigenvalue weighted by Crippen LogP contribution is -2.30. The molecule has 3 N–H and O–H groups in total. The highest BCUT2D eigenvalue weighted by molar-refractivity contribution is 5.23. The third-order valence-electron chi connectivity index (χ3n) is 2.42. The summed E-state index contributed by atoms with van der Waals surface area (Å²) in [6, 6.07) is 3.83. The smallest absolute Gasteiger partial charge is 0.120 e. The standard InChI is InChI=1S/C11H15N3O/c1-8-4-5-13-9(7-8)11(14-12)10-3-2-6-15-10/h3-5,7,11,14H,2,6,12H2,1H3. The van der Waals surface area contributed by atoms with Gasteiger partial charge in [0.1, 0.15) is 11.8 Å². The van der Waals surface area contributed by atoms with Gasteiger partial charge in [-0.3, -0.25) is 10.8 Å². The molecular formula is C11H15N3O. The van der Waals surface area contributed by atoms with Crippen molar-refractivity contribution in [3.05, 3.63) is 41.4 Å². The summed E-state index contributed by atoms with van der Waals surface area (Å²) in [5.41, 5.74) is 4.79. The van der Waals surface area contributed by atoms with E-state index in [9.17, 15) is 0 Å². The molecular weight excluding hydrogens is 190 g/mol. The Morgan fingerprint density at radius 2 is 2.47 bits per heavy atom. The molecule has 1 aliphatic heterocycles. The van der Waals surface area contributed by atoms with Gasteiger partial charge in [-0.25, -0.2) is 5.43 Å². The van der Waals surface area contributed by atoms with E-state index in [4.69, 9.17) is 10.6 Å². The van der Waals surface area contributed by atoms with E-state index >= 15 is 0 Å². The second-order valence-corrected chi connectivity index (χ2v) is 3.60. The first-order valence-electron chi connectivity index (χ1n) is 5.03. The van der Waals surface area contributed by atoms with Gasteiger partial charge in [0.2, 0.25) is 0 Å². The predicted molar refractivity (Wildman–Crippen MR) is 57.7 cm³/mol. The molecule has 1 aromatic heterocycles. The van der Waals surface area contributed by atoms with Crippen LogP contribution < -0.4 is 11.3 Å². The van der Waals surface area contributed by atoms with Crippen molar-refractivity contribution in [1.82, 2.24) is 10.4 Å². The Morgan fingerprint density at radius 3 is 3.07 bits per heavy atom. The molecule has 15 heavy (non-hydrogen) atoms. The van der Waals surface area contributed by atoms with Gasteiger partial charge < -0.3 is 4.74 Å². The Labute approximate surface area is 89.1 Å². The zero-order valence-corrected chi connectivity index (χ0v) is 8.73. The van der Waals surface area contributed by atoms with Gasteiger partial charge in [0, 0.05) is 12.6 Å². The fourth-order valence-corrected chi connectivity index (χ4v) is 1.67. The first-order chi connectivity index (χ1) is 7.31. The van der Waals surface area contributed by atoms with Crippen LogP contribution in [-0.2, 0) is 4.74 Å². The molecule has 2 heterocycles.